The minimum Gasteiger partial charge on any atom is -0.395 e. The summed E-state index contributed by atoms with van der Waals surface area (Å²) in [6.07, 6.45) is 2.38. The fourth-order valence-corrected chi connectivity index (χ4v) is 1.04. The Hall–Kier alpha value is -0.930. The van der Waals surface area contributed by atoms with Gasteiger partial charge in [0, 0.05) is 24.4 Å². The molecule has 0 saturated carbocycles. The van der Waals surface area contributed by atoms with E-state index in [0.717, 1.165) is 11.3 Å². The maximum absolute atomic E-state index is 8.73. The van der Waals surface area contributed by atoms with Gasteiger partial charge in [0.25, 0.3) is 0 Å². The standard InChI is InChI=1S/C9H14N2O/c1-7-3-2-4-11-9(7)5-8(10)6-12/h2-4,8,12H,5-6,10H2,1H3. The van der Waals surface area contributed by atoms with Gasteiger partial charge in [-0.3, -0.25) is 4.98 Å². The first-order valence-corrected chi connectivity index (χ1v) is 4.01. The van der Waals surface area contributed by atoms with E-state index >= 15 is 0 Å². The maximum Gasteiger partial charge on any atom is 0.0586 e. The number of rotatable bonds is 3. The van der Waals surface area contributed by atoms with Gasteiger partial charge in [-0.05, 0) is 18.6 Å². The van der Waals surface area contributed by atoms with Crippen LogP contribution in [0.2, 0.25) is 0 Å². The van der Waals surface area contributed by atoms with Gasteiger partial charge in [0.15, 0.2) is 0 Å². The van der Waals surface area contributed by atoms with Crippen LogP contribution in [0.1, 0.15) is 11.3 Å². The second kappa shape index (κ2) is 4.18. The number of nitrogens with two attached hydrogens (primary N) is 1. The highest BCUT2D eigenvalue weighted by atomic mass is 16.3. The van der Waals surface area contributed by atoms with Gasteiger partial charge in [0.05, 0.1) is 6.61 Å². The summed E-state index contributed by atoms with van der Waals surface area (Å²) < 4.78 is 0. The van der Waals surface area contributed by atoms with Crippen LogP contribution in [0.3, 0.4) is 0 Å². The summed E-state index contributed by atoms with van der Waals surface area (Å²) in [6.45, 7) is 2.00. The third-order valence-electron chi connectivity index (χ3n) is 1.81. The minimum absolute atomic E-state index is 0.00993. The number of pyridine rings is 1. The van der Waals surface area contributed by atoms with Crippen molar-refractivity contribution in [2.45, 2.75) is 19.4 Å². The fourth-order valence-electron chi connectivity index (χ4n) is 1.04. The van der Waals surface area contributed by atoms with Crippen LogP contribution >= 0.6 is 0 Å². The van der Waals surface area contributed by atoms with Gasteiger partial charge in [0.2, 0.25) is 0 Å². The summed E-state index contributed by atoms with van der Waals surface area (Å²) >= 11 is 0. The second-order valence-corrected chi connectivity index (χ2v) is 2.91. The highest BCUT2D eigenvalue weighted by molar-refractivity contribution is 5.18. The highest BCUT2D eigenvalue weighted by Gasteiger charge is 2.04. The van der Waals surface area contributed by atoms with Gasteiger partial charge >= 0.3 is 0 Å². The average Bonchev–Trinajstić information content (AvgIpc) is 2.09. The lowest BCUT2D eigenvalue weighted by atomic mass is 10.1. The lowest BCUT2D eigenvalue weighted by molar-refractivity contribution is 0.264. The number of hydrogen-bond donors (Lipinski definition) is 2. The number of nitrogens with zero attached hydrogens (tertiary/aromatic N) is 1. The first-order valence-electron chi connectivity index (χ1n) is 4.01. The molecule has 3 nitrogen and oxygen atoms in total. The Morgan fingerprint density at radius 3 is 3.00 bits per heavy atom. The van der Waals surface area contributed by atoms with Gasteiger partial charge in [-0.1, -0.05) is 6.07 Å². The third-order valence-corrected chi connectivity index (χ3v) is 1.81. The van der Waals surface area contributed by atoms with Crippen LogP contribution in [0.5, 0.6) is 0 Å². The van der Waals surface area contributed by atoms with E-state index in [0.29, 0.717) is 6.42 Å². The molecule has 0 aliphatic heterocycles. The SMILES string of the molecule is Cc1cccnc1CC(N)CO. The molecule has 0 aromatic carbocycles. The number of hydrogen-bond acceptors (Lipinski definition) is 3. The Bertz CT molecular complexity index is 250. The summed E-state index contributed by atoms with van der Waals surface area (Å²) in [5.74, 6) is 0. The molecule has 1 aromatic rings. The van der Waals surface area contributed by atoms with E-state index in [1.165, 1.54) is 0 Å². The van der Waals surface area contributed by atoms with E-state index in [2.05, 4.69) is 4.98 Å². The zero-order valence-corrected chi connectivity index (χ0v) is 7.20. The largest absolute Gasteiger partial charge is 0.395 e. The molecule has 3 N–H and O–H groups in total. The zero-order chi connectivity index (χ0) is 8.97. The van der Waals surface area contributed by atoms with Crippen molar-refractivity contribution in [2.75, 3.05) is 6.61 Å². The van der Waals surface area contributed by atoms with Crippen LogP contribution in [0.4, 0.5) is 0 Å². The quantitative estimate of drug-likeness (QED) is 0.676. The first-order chi connectivity index (χ1) is 5.74. The third kappa shape index (κ3) is 2.29. The van der Waals surface area contributed by atoms with E-state index in [-0.39, 0.29) is 12.6 Å². The molecule has 1 aromatic heterocycles. The second-order valence-electron chi connectivity index (χ2n) is 2.91. The molecular formula is C9H14N2O. The monoisotopic (exact) mass is 166 g/mol. The van der Waals surface area contributed by atoms with E-state index in [9.17, 15) is 0 Å². The summed E-state index contributed by atoms with van der Waals surface area (Å²) in [5.41, 5.74) is 7.68. The van der Waals surface area contributed by atoms with Gasteiger partial charge in [0.1, 0.15) is 0 Å². The molecule has 66 valence electrons. The summed E-state index contributed by atoms with van der Waals surface area (Å²) in [5, 5.41) is 8.73. The molecule has 0 saturated heterocycles. The molecule has 1 unspecified atom stereocenters. The fraction of sp³-hybridized carbons (Fsp3) is 0.444. The van der Waals surface area contributed by atoms with Crippen LogP contribution in [-0.4, -0.2) is 22.7 Å². The van der Waals surface area contributed by atoms with Crippen LogP contribution in [0.15, 0.2) is 18.3 Å². The smallest absolute Gasteiger partial charge is 0.0586 e. The van der Waals surface area contributed by atoms with Crippen molar-refractivity contribution in [3.63, 3.8) is 0 Å². The Balaban J connectivity index is 2.69. The molecule has 0 amide bonds. The summed E-state index contributed by atoms with van der Waals surface area (Å²) in [4.78, 5) is 4.18. The molecule has 0 radical (unpaired) electrons. The van der Waals surface area contributed by atoms with Crippen LogP contribution in [0.25, 0.3) is 0 Å². The van der Waals surface area contributed by atoms with Crippen LogP contribution in [-0.2, 0) is 6.42 Å². The van der Waals surface area contributed by atoms with Crippen molar-refractivity contribution in [3.05, 3.63) is 29.6 Å². The van der Waals surface area contributed by atoms with Gasteiger partial charge in [-0.2, -0.15) is 0 Å². The molecule has 1 heterocycles. The van der Waals surface area contributed by atoms with Gasteiger partial charge in [-0.15, -0.1) is 0 Å². The van der Waals surface area contributed by atoms with Crippen molar-refractivity contribution in [2.24, 2.45) is 5.73 Å². The van der Waals surface area contributed by atoms with Gasteiger partial charge in [-0.25, -0.2) is 0 Å². The first kappa shape index (κ1) is 9.16. The topological polar surface area (TPSA) is 59.1 Å². The molecule has 12 heavy (non-hydrogen) atoms. The van der Waals surface area contributed by atoms with Gasteiger partial charge < -0.3 is 10.8 Å². The molecule has 0 spiro atoms. The Labute approximate surface area is 72.2 Å². The highest BCUT2D eigenvalue weighted by Crippen LogP contribution is 2.04. The van der Waals surface area contributed by atoms with E-state index in [1.54, 1.807) is 6.20 Å². The molecule has 0 aliphatic carbocycles. The lowest BCUT2D eigenvalue weighted by Gasteiger charge is -2.08. The minimum atomic E-state index is -0.196. The average molecular weight is 166 g/mol. The Kier molecular flexibility index (Phi) is 3.19. The number of aliphatic hydroxyl groups is 1. The van der Waals surface area contributed by atoms with Crippen molar-refractivity contribution >= 4 is 0 Å². The number of aromatic nitrogens is 1. The van der Waals surface area contributed by atoms with Crippen molar-refractivity contribution in [1.82, 2.24) is 4.98 Å². The van der Waals surface area contributed by atoms with Crippen LogP contribution in [0, 0.1) is 6.92 Å². The predicted molar refractivity (Wildman–Crippen MR) is 47.7 cm³/mol. The lowest BCUT2D eigenvalue weighted by Crippen LogP contribution is -2.27. The van der Waals surface area contributed by atoms with E-state index < -0.39 is 0 Å². The molecule has 3 heteroatoms. The molecular weight excluding hydrogens is 152 g/mol. The van der Waals surface area contributed by atoms with E-state index in [1.807, 2.05) is 19.1 Å². The molecule has 1 rings (SSSR count). The van der Waals surface area contributed by atoms with Crippen LogP contribution < -0.4 is 5.73 Å². The molecule has 1 atom stereocenters. The maximum atomic E-state index is 8.73. The normalized spacial score (nSPS) is 12.9. The Morgan fingerprint density at radius 2 is 2.42 bits per heavy atom. The zero-order valence-electron chi connectivity index (χ0n) is 7.20. The summed E-state index contributed by atoms with van der Waals surface area (Å²) in [6, 6.07) is 3.69. The summed E-state index contributed by atoms with van der Waals surface area (Å²) in [7, 11) is 0. The predicted octanol–water partition coefficient (Wildman–Crippen LogP) is 0.252. The van der Waals surface area contributed by atoms with Crippen molar-refractivity contribution in [1.29, 1.82) is 0 Å². The van der Waals surface area contributed by atoms with Crippen molar-refractivity contribution < 1.29 is 5.11 Å². The molecule has 0 aliphatic rings. The molecule has 0 fully saturated rings. The number of aryl methyl sites for hydroxylation is 1. The molecule has 0 bridgehead atoms. The van der Waals surface area contributed by atoms with Crippen molar-refractivity contribution in [3.8, 4) is 0 Å². The van der Waals surface area contributed by atoms with E-state index in [4.69, 9.17) is 10.8 Å². The number of aliphatic hydroxyl groups excluding tert-OH is 1. The Morgan fingerprint density at radius 1 is 1.67 bits per heavy atom.